The summed E-state index contributed by atoms with van der Waals surface area (Å²) in [4.78, 5) is 31.3. The summed E-state index contributed by atoms with van der Waals surface area (Å²) in [6.07, 6.45) is 1.72. The fraction of sp³-hybridized carbons (Fsp3) is 0.136. The van der Waals surface area contributed by atoms with Crippen molar-refractivity contribution in [1.82, 2.24) is 10.3 Å². The third kappa shape index (κ3) is 4.75. The predicted octanol–water partition coefficient (Wildman–Crippen LogP) is 4.81. The summed E-state index contributed by atoms with van der Waals surface area (Å²) in [5.41, 5.74) is 2.77. The van der Waals surface area contributed by atoms with Gasteiger partial charge >= 0.3 is 6.03 Å². The Kier molecular flexibility index (Phi) is 6.21. The zero-order chi connectivity index (χ0) is 20.9. The van der Waals surface area contributed by atoms with Crippen molar-refractivity contribution in [2.45, 2.75) is 11.6 Å². The molecule has 0 fully saturated rings. The number of carbonyl (C=O) groups is 2. The van der Waals surface area contributed by atoms with Crippen LogP contribution in [0.15, 0.2) is 71.9 Å². The first-order chi connectivity index (χ1) is 14.6. The molecule has 0 saturated carbocycles. The molecule has 30 heavy (non-hydrogen) atoms. The number of aromatic nitrogens is 1. The van der Waals surface area contributed by atoms with Crippen LogP contribution in [0.1, 0.15) is 15.9 Å². The molecule has 0 bridgehead atoms. The van der Waals surface area contributed by atoms with Crippen molar-refractivity contribution in [3.8, 4) is 0 Å². The van der Waals surface area contributed by atoms with E-state index >= 15 is 0 Å². The topological polar surface area (TPSA) is 74.3 Å². The first kappa shape index (κ1) is 20.3. The van der Waals surface area contributed by atoms with Gasteiger partial charge in [-0.2, -0.15) is 0 Å². The standard InChI is InChI=1S/C22H19ClN4O2S/c23-17-8-6-15(7-9-17)14-25-20(28)16-3-1-4-18(13-16)26-22(29)27-11-12-30-21-19(27)5-2-10-24-21/h1-10,13H,11-12,14H2,(H,25,28)(H,26,29). The molecule has 152 valence electrons. The van der Waals surface area contributed by atoms with Gasteiger partial charge in [0.1, 0.15) is 5.03 Å². The number of pyridine rings is 1. The van der Waals surface area contributed by atoms with Gasteiger partial charge in [-0.05, 0) is 48.0 Å². The number of thioether (sulfide) groups is 1. The molecule has 2 N–H and O–H groups in total. The van der Waals surface area contributed by atoms with Crippen molar-refractivity contribution >= 4 is 46.7 Å². The summed E-state index contributed by atoms with van der Waals surface area (Å²) in [6.45, 7) is 0.984. The average molecular weight is 439 g/mol. The SMILES string of the molecule is O=C(NCc1ccc(Cl)cc1)c1cccc(NC(=O)N2CCSc3ncccc32)c1. The van der Waals surface area contributed by atoms with Crippen LogP contribution in [0.5, 0.6) is 0 Å². The average Bonchev–Trinajstić information content (AvgIpc) is 2.78. The molecule has 1 aliphatic heterocycles. The fourth-order valence-electron chi connectivity index (χ4n) is 3.08. The summed E-state index contributed by atoms with van der Waals surface area (Å²) >= 11 is 7.52. The molecule has 0 radical (unpaired) electrons. The van der Waals surface area contributed by atoms with Crippen molar-refractivity contribution < 1.29 is 9.59 Å². The Morgan fingerprint density at radius 3 is 2.77 bits per heavy atom. The number of halogens is 1. The summed E-state index contributed by atoms with van der Waals surface area (Å²) in [5.74, 6) is 0.565. The molecule has 0 unspecified atom stereocenters. The van der Waals surface area contributed by atoms with Crippen molar-refractivity contribution in [2.75, 3.05) is 22.5 Å². The molecule has 3 amide bonds. The molecular formula is C22H19ClN4O2S. The maximum Gasteiger partial charge on any atom is 0.326 e. The maximum atomic E-state index is 12.8. The van der Waals surface area contributed by atoms with Crippen LogP contribution in [0.3, 0.4) is 0 Å². The number of nitrogens with one attached hydrogen (secondary N) is 2. The highest BCUT2D eigenvalue weighted by atomic mass is 35.5. The number of anilines is 2. The molecule has 0 spiro atoms. The van der Waals surface area contributed by atoms with E-state index < -0.39 is 0 Å². The number of benzene rings is 2. The molecule has 6 nitrogen and oxygen atoms in total. The first-order valence-electron chi connectivity index (χ1n) is 9.39. The molecule has 1 aromatic heterocycles. The molecule has 4 rings (SSSR count). The van der Waals surface area contributed by atoms with Crippen molar-refractivity contribution in [3.63, 3.8) is 0 Å². The van der Waals surface area contributed by atoms with Crippen molar-refractivity contribution in [1.29, 1.82) is 0 Å². The minimum atomic E-state index is -0.247. The van der Waals surface area contributed by atoms with Crippen LogP contribution in [-0.4, -0.2) is 29.2 Å². The minimum Gasteiger partial charge on any atom is -0.348 e. The highest BCUT2D eigenvalue weighted by Gasteiger charge is 2.23. The Morgan fingerprint density at radius 2 is 1.93 bits per heavy atom. The Bertz CT molecular complexity index is 1070. The second kappa shape index (κ2) is 9.19. The molecule has 1 aliphatic rings. The van der Waals surface area contributed by atoms with Gasteiger partial charge < -0.3 is 10.6 Å². The lowest BCUT2D eigenvalue weighted by Crippen LogP contribution is -2.38. The van der Waals surface area contributed by atoms with E-state index in [0.29, 0.717) is 29.4 Å². The summed E-state index contributed by atoms with van der Waals surface area (Å²) in [5, 5.41) is 7.25. The Labute approximate surface area is 183 Å². The third-order valence-corrected chi connectivity index (χ3v) is 5.81. The number of hydrogen-bond acceptors (Lipinski definition) is 4. The molecular weight excluding hydrogens is 420 g/mol. The molecule has 0 atom stereocenters. The van der Waals surface area contributed by atoms with E-state index in [1.165, 1.54) is 0 Å². The number of hydrogen-bond donors (Lipinski definition) is 2. The van der Waals surface area contributed by atoms with Crippen LogP contribution < -0.4 is 15.5 Å². The molecule has 0 aliphatic carbocycles. The lowest BCUT2D eigenvalue weighted by Gasteiger charge is -2.28. The monoisotopic (exact) mass is 438 g/mol. The molecule has 2 aromatic carbocycles. The fourth-order valence-corrected chi connectivity index (χ4v) is 4.13. The third-order valence-electron chi connectivity index (χ3n) is 4.58. The number of urea groups is 1. The summed E-state index contributed by atoms with van der Waals surface area (Å²) in [6, 6.07) is 17.6. The Hall–Kier alpha value is -3.03. The molecule has 0 saturated heterocycles. The van der Waals surface area contributed by atoms with Crippen molar-refractivity contribution in [3.05, 3.63) is 83.0 Å². The molecule has 2 heterocycles. The first-order valence-corrected chi connectivity index (χ1v) is 10.8. The van der Waals surface area contributed by atoms with Crippen LogP contribution in [-0.2, 0) is 6.54 Å². The number of carbonyl (C=O) groups excluding carboxylic acids is 2. The Balaban J connectivity index is 1.41. The highest BCUT2D eigenvalue weighted by molar-refractivity contribution is 7.99. The van der Waals surface area contributed by atoms with Crippen LogP contribution in [0.2, 0.25) is 5.02 Å². The van der Waals surface area contributed by atoms with Crippen LogP contribution in [0.25, 0.3) is 0 Å². The minimum absolute atomic E-state index is 0.218. The van der Waals surface area contributed by atoms with E-state index in [0.717, 1.165) is 22.0 Å². The van der Waals surface area contributed by atoms with E-state index in [-0.39, 0.29) is 11.9 Å². The van der Waals surface area contributed by atoms with Crippen LogP contribution in [0.4, 0.5) is 16.2 Å². The number of fused-ring (bicyclic) bond motifs is 1. The van der Waals surface area contributed by atoms with Gasteiger partial charge in [0.25, 0.3) is 5.91 Å². The van der Waals surface area contributed by atoms with Gasteiger partial charge in [-0.3, -0.25) is 9.69 Å². The normalized spacial score (nSPS) is 12.8. The maximum absolute atomic E-state index is 12.8. The smallest absolute Gasteiger partial charge is 0.326 e. The van der Waals surface area contributed by atoms with Gasteiger partial charge in [0.2, 0.25) is 0 Å². The molecule has 8 heteroatoms. The van der Waals surface area contributed by atoms with Gasteiger partial charge in [0, 0.05) is 41.3 Å². The molecule has 3 aromatic rings. The van der Waals surface area contributed by atoms with Crippen LogP contribution in [0, 0.1) is 0 Å². The quantitative estimate of drug-likeness (QED) is 0.613. The van der Waals surface area contributed by atoms with Gasteiger partial charge in [-0.15, -0.1) is 11.8 Å². The second-order valence-corrected chi connectivity index (χ2v) is 8.17. The van der Waals surface area contributed by atoms with Crippen LogP contribution >= 0.6 is 23.4 Å². The largest absolute Gasteiger partial charge is 0.348 e. The van der Waals surface area contributed by atoms with Gasteiger partial charge in [-0.1, -0.05) is 29.8 Å². The van der Waals surface area contributed by atoms with E-state index in [2.05, 4.69) is 15.6 Å². The van der Waals surface area contributed by atoms with Crippen molar-refractivity contribution in [2.24, 2.45) is 0 Å². The zero-order valence-corrected chi connectivity index (χ0v) is 17.5. The number of nitrogens with zero attached hydrogens (tertiary/aromatic N) is 2. The Morgan fingerprint density at radius 1 is 1.10 bits per heavy atom. The van der Waals surface area contributed by atoms with Gasteiger partial charge in [-0.25, -0.2) is 9.78 Å². The van der Waals surface area contributed by atoms with E-state index in [9.17, 15) is 9.59 Å². The highest BCUT2D eigenvalue weighted by Crippen LogP contribution is 2.32. The zero-order valence-electron chi connectivity index (χ0n) is 16.0. The van der Waals surface area contributed by atoms with E-state index in [1.54, 1.807) is 59.3 Å². The summed E-state index contributed by atoms with van der Waals surface area (Å²) in [7, 11) is 0. The van der Waals surface area contributed by atoms with Gasteiger partial charge in [0.05, 0.1) is 5.69 Å². The second-order valence-electron chi connectivity index (χ2n) is 6.65. The predicted molar refractivity (Wildman–Crippen MR) is 120 cm³/mol. The lowest BCUT2D eigenvalue weighted by molar-refractivity contribution is 0.0951. The van der Waals surface area contributed by atoms with Gasteiger partial charge in [0.15, 0.2) is 0 Å². The van der Waals surface area contributed by atoms with E-state index in [1.807, 2.05) is 24.3 Å². The number of amides is 3. The summed E-state index contributed by atoms with van der Waals surface area (Å²) < 4.78 is 0. The van der Waals surface area contributed by atoms with E-state index in [4.69, 9.17) is 11.6 Å². The lowest BCUT2D eigenvalue weighted by atomic mass is 10.1. The number of rotatable bonds is 4.